The number of nitrogens with two attached hydrogens (primary N) is 1. The fourth-order valence-corrected chi connectivity index (χ4v) is 1.43. The highest BCUT2D eigenvalue weighted by Gasteiger charge is 2.24. The molecule has 0 bridgehead atoms. The van der Waals surface area contributed by atoms with Gasteiger partial charge in [-0.3, -0.25) is 4.79 Å². The smallest absolute Gasteiger partial charge is 0.224 e. The molecule has 1 amide bonds. The highest BCUT2D eigenvalue weighted by atomic mass is 16.5. The number of primary amides is 1. The van der Waals surface area contributed by atoms with E-state index >= 15 is 0 Å². The largest absolute Gasteiger partial charge is 0.508 e. The molecule has 0 unspecified atom stereocenters. The second kappa shape index (κ2) is 5.73. The zero-order valence-electron chi connectivity index (χ0n) is 11.0. The molecule has 100 valence electrons. The lowest BCUT2D eigenvalue weighted by Crippen LogP contribution is -2.40. The lowest BCUT2D eigenvalue weighted by atomic mass is 9.93. The second-order valence-electron chi connectivity index (χ2n) is 4.85. The molecule has 18 heavy (non-hydrogen) atoms. The SMILES string of the molecule is COc1ccc(O)c(CNCC(C)(C)C(N)=O)c1. The molecule has 0 heterocycles. The first kappa shape index (κ1) is 14.3. The van der Waals surface area contributed by atoms with Crippen molar-refractivity contribution in [2.24, 2.45) is 11.1 Å². The third-order valence-corrected chi connectivity index (χ3v) is 2.84. The minimum atomic E-state index is -0.617. The molecular formula is C13H20N2O3. The Morgan fingerprint density at radius 1 is 1.50 bits per heavy atom. The first-order valence-electron chi connectivity index (χ1n) is 5.73. The van der Waals surface area contributed by atoms with Gasteiger partial charge in [0.05, 0.1) is 12.5 Å². The molecule has 1 aromatic carbocycles. The zero-order valence-corrected chi connectivity index (χ0v) is 11.0. The van der Waals surface area contributed by atoms with Crippen LogP contribution >= 0.6 is 0 Å². The topological polar surface area (TPSA) is 84.6 Å². The number of phenolic OH excluding ortho intramolecular Hbond substituents is 1. The van der Waals surface area contributed by atoms with E-state index in [2.05, 4.69) is 5.32 Å². The van der Waals surface area contributed by atoms with Crippen molar-refractivity contribution in [2.45, 2.75) is 20.4 Å². The van der Waals surface area contributed by atoms with Crippen molar-refractivity contribution in [1.29, 1.82) is 0 Å². The van der Waals surface area contributed by atoms with Crippen LogP contribution in [0.1, 0.15) is 19.4 Å². The van der Waals surface area contributed by atoms with Gasteiger partial charge in [-0.05, 0) is 32.0 Å². The van der Waals surface area contributed by atoms with E-state index < -0.39 is 5.41 Å². The molecule has 1 rings (SSSR count). The average Bonchev–Trinajstić information content (AvgIpc) is 2.31. The first-order chi connectivity index (χ1) is 8.36. The number of benzene rings is 1. The quantitative estimate of drug-likeness (QED) is 0.705. The van der Waals surface area contributed by atoms with Crippen LogP contribution in [0.25, 0.3) is 0 Å². The van der Waals surface area contributed by atoms with E-state index in [1.807, 2.05) is 0 Å². The molecule has 0 aromatic heterocycles. The van der Waals surface area contributed by atoms with Gasteiger partial charge in [-0.25, -0.2) is 0 Å². The Hall–Kier alpha value is -1.75. The van der Waals surface area contributed by atoms with E-state index in [1.165, 1.54) is 0 Å². The molecule has 0 aliphatic carbocycles. The third kappa shape index (κ3) is 3.63. The van der Waals surface area contributed by atoms with Crippen molar-refractivity contribution in [1.82, 2.24) is 5.32 Å². The summed E-state index contributed by atoms with van der Waals surface area (Å²) in [6.45, 7) is 4.43. The molecule has 0 spiro atoms. The number of nitrogens with one attached hydrogen (secondary N) is 1. The van der Waals surface area contributed by atoms with E-state index in [-0.39, 0.29) is 11.7 Å². The summed E-state index contributed by atoms with van der Waals surface area (Å²) < 4.78 is 5.08. The van der Waals surface area contributed by atoms with E-state index in [4.69, 9.17) is 10.5 Å². The molecular weight excluding hydrogens is 232 g/mol. The van der Waals surface area contributed by atoms with Gasteiger partial charge < -0.3 is 20.9 Å². The summed E-state index contributed by atoms with van der Waals surface area (Å²) in [5, 5.41) is 12.8. The van der Waals surface area contributed by atoms with Crippen LogP contribution in [0.5, 0.6) is 11.5 Å². The second-order valence-corrected chi connectivity index (χ2v) is 4.85. The van der Waals surface area contributed by atoms with Gasteiger partial charge in [-0.15, -0.1) is 0 Å². The minimum Gasteiger partial charge on any atom is -0.508 e. The van der Waals surface area contributed by atoms with Gasteiger partial charge in [0.2, 0.25) is 5.91 Å². The van der Waals surface area contributed by atoms with Crippen molar-refractivity contribution in [3.05, 3.63) is 23.8 Å². The van der Waals surface area contributed by atoms with Crippen LogP contribution < -0.4 is 15.8 Å². The third-order valence-electron chi connectivity index (χ3n) is 2.84. The van der Waals surface area contributed by atoms with Crippen LogP contribution in [-0.2, 0) is 11.3 Å². The molecule has 0 fully saturated rings. The Bertz CT molecular complexity index is 430. The standard InChI is InChI=1S/C13H20N2O3/c1-13(2,12(14)17)8-15-7-9-6-10(18-3)4-5-11(9)16/h4-6,15-16H,7-8H2,1-3H3,(H2,14,17). The molecule has 5 nitrogen and oxygen atoms in total. The lowest BCUT2D eigenvalue weighted by molar-refractivity contribution is -0.125. The average molecular weight is 252 g/mol. The summed E-state index contributed by atoms with van der Waals surface area (Å²) in [5.74, 6) is 0.517. The normalized spacial score (nSPS) is 11.3. The molecule has 0 radical (unpaired) electrons. The number of hydrogen-bond acceptors (Lipinski definition) is 4. The van der Waals surface area contributed by atoms with Crippen LogP contribution in [0.4, 0.5) is 0 Å². The highest BCUT2D eigenvalue weighted by molar-refractivity contribution is 5.80. The summed E-state index contributed by atoms with van der Waals surface area (Å²) in [6.07, 6.45) is 0. The van der Waals surface area contributed by atoms with E-state index in [9.17, 15) is 9.90 Å². The maximum atomic E-state index is 11.1. The van der Waals surface area contributed by atoms with E-state index in [0.29, 0.717) is 18.8 Å². The summed E-state index contributed by atoms with van der Waals surface area (Å²) in [6, 6.07) is 5.01. The van der Waals surface area contributed by atoms with Crippen LogP contribution in [0, 0.1) is 5.41 Å². The number of amides is 1. The summed E-state index contributed by atoms with van der Waals surface area (Å²) in [4.78, 5) is 11.1. The molecule has 1 aromatic rings. The number of carbonyl (C=O) groups excluding carboxylic acids is 1. The van der Waals surface area contributed by atoms with Crippen molar-refractivity contribution >= 4 is 5.91 Å². The summed E-state index contributed by atoms with van der Waals surface area (Å²) in [5.41, 5.74) is 5.38. The number of phenols is 1. The van der Waals surface area contributed by atoms with Crippen LogP contribution in [0.2, 0.25) is 0 Å². The van der Waals surface area contributed by atoms with Gasteiger partial charge in [-0.2, -0.15) is 0 Å². The van der Waals surface area contributed by atoms with E-state index in [1.54, 1.807) is 39.2 Å². The number of hydrogen-bond donors (Lipinski definition) is 3. The van der Waals surface area contributed by atoms with Crippen molar-refractivity contribution < 1.29 is 14.6 Å². The number of aromatic hydroxyl groups is 1. The van der Waals surface area contributed by atoms with Crippen LogP contribution in [0.3, 0.4) is 0 Å². The maximum absolute atomic E-state index is 11.1. The Morgan fingerprint density at radius 2 is 2.17 bits per heavy atom. The summed E-state index contributed by atoms with van der Waals surface area (Å²) >= 11 is 0. The summed E-state index contributed by atoms with van der Waals surface area (Å²) in [7, 11) is 1.57. The predicted octanol–water partition coefficient (Wildman–Crippen LogP) is 1.00. The first-order valence-corrected chi connectivity index (χ1v) is 5.73. The van der Waals surface area contributed by atoms with Gasteiger partial charge in [0, 0.05) is 18.7 Å². The van der Waals surface area contributed by atoms with Crippen molar-refractivity contribution in [3.8, 4) is 11.5 Å². The number of carbonyl (C=O) groups is 1. The van der Waals surface area contributed by atoms with Gasteiger partial charge in [0.15, 0.2) is 0 Å². The Balaban J connectivity index is 2.61. The monoisotopic (exact) mass is 252 g/mol. The molecule has 0 aliphatic heterocycles. The number of ether oxygens (including phenoxy) is 1. The fraction of sp³-hybridized carbons (Fsp3) is 0.462. The van der Waals surface area contributed by atoms with E-state index in [0.717, 1.165) is 5.56 Å². The zero-order chi connectivity index (χ0) is 13.8. The molecule has 4 N–H and O–H groups in total. The Morgan fingerprint density at radius 3 is 2.72 bits per heavy atom. The van der Waals surface area contributed by atoms with Gasteiger partial charge in [0.25, 0.3) is 0 Å². The van der Waals surface area contributed by atoms with Crippen molar-refractivity contribution in [3.63, 3.8) is 0 Å². The fourth-order valence-electron chi connectivity index (χ4n) is 1.43. The maximum Gasteiger partial charge on any atom is 0.224 e. The van der Waals surface area contributed by atoms with Crippen LogP contribution in [-0.4, -0.2) is 24.7 Å². The van der Waals surface area contributed by atoms with Gasteiger partial charge in [0.1, 0.15) is 11.5 Å². The minimum absolute atomic E-state index is 0.195. The van der Waals surface area contributed by atoms with Crippen molar-refractivity contribution in [2.75, 3.05) is 13.7 Å². The lowest BCUT2D eigenvalue weighted by Gasteiger charge is -2.21. The predicted molar refractivity (Wildman–Crippen MR) is 69.3 cm³/mol. The number of methoxy groups -OCH3 is 1. The van der Waals surface area contributed by atoms with Gasteiger partial charge >= 0.3 is 0 Å². The highest BCUT2D eigenvalue weighted by Crippen LogP contribution is 2.23. The number of rotatable bonds is 6. The molecule has 0 aliphatic rings. The van der Waals surface area contributed by atoms with Crippen LogP contribution in [0.15, 0.2) is 18.2 Å². The Kier molecular flexibility index (Phi) is 4.55. The Labute approximate surface area is 107 Å². The molecule has 0 saturated carbocycles. The molecule has 5 heteroatoms. The molecule has 0 saturated heterocycles. The van der Waals surface area contributed by atoms with Gasteiger partial charge in [-0.1, -0.05) is 0 Å². The molecule has 0 atom stereocenters.